The molecule has 1 heterocycles. The van der Waals surface area contributed by atoms with E-state index in [0.717, 1.165) is 0 Å². The Hall–Kier alpha value is -8.22. The number of phenolic OH excluding ortho intramolecular Hbond substituents is 15. The maximum atomic E-state index is 12.0. The van der Waals surface area contributed by atoms with E-state index in [1.165, 1.54) is 18.2 Å². The second-order valence-electron chi connectivity index (χ2n) is 13.3. The van der Waals surface area contributed by atoms with Crippen molar-refractivity contribution in [2.24, 2.45) is 0 Å². The Balaban J connectivity index is 1.57. The Labute approximate surface area is 313 Å². The van der Waals surface area contributed by atoms with Gasteiger partial charge in [-0.2, -0.15) is 0 Å². The molecule has 8 aromatic rings. The van der Waals surface area contributed by atoms with Crippen molar-refractivity contribution in [2.45, 2.75) is 5.79 Å². The van der Waals surface area contributed by atoms with Gasteiger partial charge in [0.15, 0.2) is 46.0 Å². The third-order valence-electron chi connectivity index (χ3n) is 10.5. The molecule has 18 nitrogen and oxygen atoms in total. The average molecular weight is 781 g/mol. The van der Waals surface area contributed by atoms with Crippen LogP contribution in [0.25, 0.3) is 76.9 Å². The fourth-order valence-corrected chi connectivity index (χ4v) is 7.98. The Morgan fingerprint density at radius 3 is 1.28 bits per heavy atom. The molecule has 0 atom stereocenters. The minimum absolute atomic E-state index is 0.0321. The van der Waals surface area contributed by atoms with Crippen molar-refractivity contribution in [3.8, 4) is 120 Å². The van der Waals surface area contributed by atoms with Gasteiger partial charge in [0, 0.05) is 54.6 Å². The summed E-state index contributed by atoms with van der Waals surface area (Å²) >= 11 is 0. The standard InChI is InChI=1S/C39H24O18/c40-24-19-20-23(32(48)38(54)37(53)29(20)45)39(55,56)22(19)31(47)30(46)21(24)14-17-15(25(41)33(49)35(51)27(17)43)13(16-18(14)28(44)36(52)34(50)26(16)42)8-5-6-12-10(7-8)9-3-1-2-4-11(9)57-12/h1-7,40-56H. The van der Waals surface area contributed by atoms with E-state index in [-0.39, 0.29) is 5.56 Å². The number of para-hydroxylation sites is 1. The van der Waals surface area contributed by atoms with Gasteiger partial charge in [0.2, 0.25) is 40.3 Å². The lowest BCUT2D eigenvalue weighted by Crippen LogP contribution is -2.23. The van der Waals surface area contributed by atoms with E-state index in [0.29, 0.717) is 21.9 Å². The van der Waals surface area contributed by atoms with Crippen LogP contribution in [0, 0.1) is 0 Å². The van der Waals surface area contributed by atoms with Crippen molar-refractivity contribution in [3.63, 3.8) is 0 Å². The molecule has 1 aromatic heterocycles. The van der Waals surface area contributed by atoms with Crippen molar-refractivity contribution < 1.29 is 91.2 Å². The number of aliphatic hydroxyl groups is 2. The Bertz CT molecular complexity index is 3130. The third-order valence-corrected chi connectivity index (χ3v) is 10.5. The van der Waals surface area contributed by atoms with Crippen LogP contribution in [-0.4, -0.2) is 86.8 Å². The first-order valence-corrected chi connectivity index (χ1v) is 16.3. The van der Waals surface area contributed by atoms with Gasteiger partial charge in [-0.1, -0.05) is 24.3 Å². The summed E-state index contributed by atoms with van der Waals surface area (Å²) in [5, 5.41) is 187. The molecular weight excluding hydrogens is 756 g/mol. The topological polar surface area (TPSA) is 357 Å². The average Bonchev–Trinajstić information content (AvgIpc) is 3.68. The van der Waals surface area contributed by atoms with Gasteiger partial charge in [0.1, 0.15) is 16.9 Å². The molecule has 18 heteroatoms. The minimum Gasteiger partial charge on any atom is -0.506 e. The normalized spacial score (nSPS) is 13.2. The van der Waals surface area contributed by atoms with Crippen molar-refractivity contribution >= 4 is 43.5 Å². The highest BCUT2D eigenvalue weighted by molar-refractivity contribution is 6.30. The first-order chi connectivity index (χ1) is 26.8. The smallest absolute Gasteiger partial charge is 0.226 e. The molecule has 0 spiro atoms. The molecule has 17 N–H and O–H groups in total. The number of aromatic hydroxyl groups is 15. The highest BCUT2D eigenvalue weighted by Crippen LogP contribution is 2.69. The van der Waals surface area contributed by atoms with Crippen LogP contribution >= 0.6 is 0 Å². The molecule has 1 aliphatic rings. The van der Waals surface area contributed by atoms with Crippen LogP contribution in [0.1, 0.15) is 11.1 Å². The summed E-state index contributed by atoms with van der Waals surface area (Å²) in [4.78, 5) is 0. The molecule has 0 unspecified atom stereocenters. The van der Waals surface area contributed by atoms with E-state index in [1.807, 2.05) is 0 Å². The SMILES string of the molecule is Oc1c(O)c(O)c2c(c1O)-c1c(O)c(-c3c4c(O)c(O)c(O)c(O)c4c(-c4ccc5oc6ccccc6c5c4)c4c(O)c(O)c(O)c(O)c34)c(O)c(O)c1C2(O)O. The van der Waals surface area contributed by atoms with Crippen molar-refractivity contribution in [3.05, 3.63) is 53.6 Å². The predicted octanol–water partition coefficient (Wildman–Crippen LogP) is 4.98. The van der Waals surface area contributed by atoms with Gasteiger partial charge < -0.3 is 91.2 Å². The summed E-state index contributed by atoms with van der Waals surface area (Å²) < 4.78 is 5.89. The number of phenols is 15. The number of furan rings is 1. The highest BCUT2D eigenvalue weighted by Gasteiger charge is 2.52. The van der Waals surface area contributed by atoms with Gasteiger partial charge >= 0.3 is 0 Å². The maximum absolute atomic E-state index is 12.0. The van der Waals surface area contributed by atoms with E-state index >= 15 is 0 Å². The quantitative estimate of drug-likeness (QED) is 0.0476. The van der Waals surface area contributed by atoms with E-state index in [2.05, 4.69) is 0 Å². The summed E-state index contributed by atoms with van der Waals surface area (Å²) in [6.07, 6.45) is 0. The predicted molar refractivity (Wildman–Crippen MR) is 195 cm³/mol. The number of hydrogen-bond acceptors (Lipinski definition) is 18. The summed E-state index contributed by atoms with van der Waals surface area (Å²) in [6.45, 7) is 0. The van der Waals surface area contributed by atoms with E-state index in [4.69, 9.17) is 4.42 Å². The molecule has 1 aliphatic carbocycles. The molecule has 7 aromatic carbocycles. The van der Waals surface area contributed by atoms with Gasteiger partial charge in [-0.25, -0.2) is 0 Å². The molecule has 9 rings (SSSR count). The van der Waals surface area contributed by atoms with Crippen LogP contribution in [-0.2, 0) is 5.79 Å². The molecule has 288 valence electrons. The van der Waals surface area contributed by atoms with Crippen LogP contribution in [0.15, 0.2) is 46.9 Å². The van der Waals surface area contributed by atoms with Gasteiger partial charge in [0.25, 0.3) is 0 Å². The molecule has 0 fully saturated rings. The number of benzene rings is 7. The zero-order valence-electron chi connectivity index (χ0n) is 28.1. The fourth-order valence-electron chi connectivity index (χ4n) is 7.98. The van der Waals surface area contributed by atoms with Crippen LogP contribution in [0.5, 0.6) is 86.2 Å². The van der Waals surface area contributed by atoms with Gasteiger partial charge in [0.05, 0.1) is 16.7 Å². The molecule has 0 radical (unpaired) electrons. The Kier molecular flexibility index (Phi) is 6.49. The van der Waals surface area contributed by atoms with Crippen molar-refractivity contribution in [1.82, 2.24) is 0 Å². The maximum Gasteiger partial charge on any atom is 0.226 e. The summed E-state index contributed by atoms with van der Waals surface area (Å²) in [7, 11) is 0. The molecule has 0 aliphatic heterocycles. The molecule has 0 saturated carbocycles. The van der Waals surface area contributed by atoms with Crippen LogP contribution in [0.3, 0.4) is 0 Å². The molecule has 0 bridgehead atoms. The molecule has 57 heavy (non-hydrogen) atoms. The fraction of sp³-hybridized carbons (Fsp3) is 0.0256. The van der Waals surface area contributed by atoms with Gasteiger partial charge in [-0.05, 0) is 23.8 Å². The second-order valence-corrected chi connectivity index (χ2v) is 13.3. The van der Waals surface area contributed by atoms with Gasteiger partial charge in [-0.15, -0.1) is 0 Å². The number of rotatable bonds is 2. The second kappa shape index (κ2) is 10.7. The Morgan fingerprint density at radius 1 is 0.333 bits per heavy atom. The summed E-state index contributed by atoms with van der Waals surface area (Å²) in [5.74, 6) is -25.0. The van der Waals surface area contributed by atoms with Crippen LogP contribution in [0.4, 0.5) is 0 Å². The zero-order chi connectivity index (χ0) is 41.1. The van der Waals surface area contributed by atoms with E-state index in [1.54, 1.807) is 24.3 Å². The van der Waals surface area contributed by atoms with Crippen LogP contribution < -0.4 is 0 Å². The molecule has 0 saturated heterocycles. The number of hydrogen-bond donors (Lipinski definition) is 17. The highest BCUT2D eigenvalue weighted by atomic mass is 16.5. The summed E-state index contributed by atoms with van der Waals surface area (Å²) in [6, 6.07) is 11.0. The summed E-state index contributed by atoms with van der Waals surface area (Å²) in [5.41, 5.74) is -6.59. The zero-order valence-corrected chi connectivity index (χ0v) is 28.1. The largest absolute Gasteiger partial charge is 0.506 e. The first-order valence-electron chi connectivity index (χ1n) is 16.3. The minimum atomic E-state index is -3.67. The lowest BCUT2D eigenvalue weighted by Gasteiger charge is -2.25. The van der Waals surface area contributed by atoms with E-state index < -0.39 is 153 Å². The van der Waals surface area contributed by atoms with Gasteiger partial charge in [-0.3, -0.25) is 0 Å². The van der Waals surface area contributed by atoms with Crippen molar-refractivity contribution in [2.75, 3.05) is 0 Å². The number of fused-ring (bicyclic) bond motifs is 8. The lowest BCUT2D eigenvalue weighted by molar-refractivity contribution is -0.130. The third kappa shape index (κ3) is 3.92. The lowest BCUT2D eigenvalue weighted by atomic mass is 9.82. The molecular formula is C39H24O18. The molecule has 0 amide bonds. The Morgan fingerprint density at radius 2 is 0.737 bits per heavy atom. The first kappa shape index (κ1) is 34.5. The van der Waals surface area contributed by atoms with E-state index in [9.17, 15) is 86.8 Å². The van der Waals surface area contributed by atoms with Crippen LogP contribution in [0.2, 0.25) is 0 Å². The monoisotopic (exact) mass is 780 g/mol. The van der Waals surface area contributed by atoms with Crippen molar-refractivity contribution in [1.29, 1.82) is 0 Å².